The Morgan fingerprint density at radius 3 is 2.54 bits per heavy atom. The fraction of sp³-hybridized carbons (Fsp3) is 0.414. The number of fused-ring (bicyclic) bond motifs is 1. The highest BCUT2D eigenvalue weighted by atomic mass is 19.1. The van der Waals surface area contributed by atoms with Gasteiger partial charge in [0.25, 0.3) is 5.91 Å². The molecule has 0 aliphatic carbocycles. The lowest BCUT2D eigenvalue weighted by atomic mass is 9.89. The van der Waals surface area contributed by atoms with Crippen LogP contribution in [0.4, 0.5) is 26.1 Å². The van der Waals surface area contributed by atoms with E-state index in [-0.39, 0.29) is 35.3 Å². The summed E-state index contributed by atoms with van der Waals surface area (Å²) < 4.78 is 41.5. The summed E-state index contributed by atoms with van der Waals surface area (Å²) in [7, 11) is 3.56. The quantitative estimate of drug-likeness (QED) is 0.445. The standard InChI is InChI=1S/C29H33F2N5O3/c1-16(2)36-24-12-19(13-25(38-5)27(24)39-17(3)28(36)37)26-23(31)15-32-29(34-26)33-20-6-7-21(22(30)14-20)18-8-10-35(4)11-9-18/h6-7,12-18H,8-11H2,1-5H3,(H,32,33,34). The zero-order chi connectivity index (χ0) is 27.8. The van der Waals surface area contributed by atoms with Gasteiger partial charge in [0.2, 0.25) is 5.95 Å². The Bertz CT molecular complexity index is 1390. The third-order valence-corrected chi connectivity index (χ3v) is 7.34. The summed E-state index contributed by atoms with van der Waals surface area (Å²) in [5.41, 5.74) is 2.03. The maximum atomic E-state index is 15.0. The Labute approximate surface area is 227 Å². The normalized spacial score (nSPS) is 18.2. The average molecular weight is 538 g/mol. The van der Waals surface area contributed by atoms with E-state index in [9.17, 15) is 4.79 Å². The Morgan fingerprint density at radius 2 is 1.87 bits per heavy atom. The first-order valence-corrected chi connectivity index (χ1v) is 13.2. The zero-order valence-corrected chi connectivity index (χ0v) is 22.8. The van der Waals surface area contributed by atoms with Crippen LogP contribution in [0, 0.1) is 11.6 Å². The first-order chi connectivity index (χ1) is 18.7. The molecule has 8 nitrogen and oxygen atoms in total. The lowest BCUT2D eigenvalue weighted by Crippen LogP contribution is -2.48. The number of carbonyl (C=O) groups excluding carboxylic acids is 1. The van der Waals surface area contributed by atoms with Gasteiger partial charge in [-0.15, -0.1) is 0 Å². The number of nitrogens with zero attached hydrogens (tertiary/aromatic N) is 4. The maximum absolute atomic E-state index is 15.0. The molecule has 206 valence electrons. The minimum absolute atomic E-state index is 0.00629. The van der Waals surface area contributed by atoms with E-state index >= 15 is 8.78 Å². The van der Waals surface area contributed by atoms with Crippen LogP contribution in [-0.4, -0.2) is 60.2 Å². The van der Waals surface area contributed by atoms with E-state index < -0.39 is 11.9 Å². The number of piperidine rings is 1. The highest BCUT2D eigenvalue weighted by Crippen LogP contribution is 2.45. The Morgan fingerprint density at radius 1 is 1.13 bits per heavy atom. The Balaban J connectivity index is 1.46. The number of halogens is 2. The fourth-order valence-electron chi connectivity index (χ4n) is 5.26. The molecule has 1 atom stereocenters. The molecule has 0 spiro atoms. The van der Waals surface area contributed by atoms with E-state index in [0.717, 1.165) is 32.1 Å². The third-order valence-electron chi connectivity index (χ3n) is 7.34. The maximum Gasteiger partial charge on any atom is 0.268 e. The number of benzene rings is 2. The summed E-state index contributed by atoms with van der Waals surface area (Å²) in [5.74, 6) is -0.0826. The number of likely N-dealkylation sites (tertiary alicyclic amines) is 1. The van der Waals surface area contributed by atoms with Crippen molar-refractivity contribution in [1.82, 2.24) is 14.9 Å². The van der Waals surface area contributed by atoms with E-state index in [1.54, 1.807) is 36.1 Å². The van der Waals surface area contributed by atoms with Crippen molar-refractivity contribution in [3.05, 3.63) is 53.7 Å². The van der Waals surface area contributed by atoms with Gasteiger partial charge in [0.05, 0.1) is 19.0 Å². The van der Waals surface area contributed by atoms with Crippen LogP contribution < -0.4 is 19.7 Å². The molecular weight excluding hydrogens is 504 g/mol. The van der Waals surface area contributed by atoms with E-state index in [1.807, 2.05) is 13.8 Å². The van der Waals surface area contributed by atoms with Crippen molar-refractivity contribution in [1.29, 1.82) is 0 Å². The van der Waals surface area contributed by atoms with E-state index in [0.29, 0.717) is 34.0 Å². The monoisotopic (exact) mass is 537 g/mol. The molecular formula is C29H33F2N5O3. The van der Waals surface area contributed by atoms with Gasteiger partial charge in [-0.05, 0) is 89.5 Å². The number of ether oxygens (including phenoxy) is 2. The zero-order valence-electron chi connectivity index (χ0n) is 22.8. The SMILES string of the molecule is COc1cc(-c2nc(Nc3ccc(C4CCN(C)CC4)c(F)c3)ncc2F)cc2c1OC(C)C(=O)N2C(C)C. The molecule has 2 aromatic carbocycles. The molecule has 0 bridgehead atoms. The molecule has 1 fully saturated rings. The lowest BCUT2D eigenvalue weighted by molar-refractivity contribution is -0.126. The largest absolute Gasteiger partial charge is 0.493 e. The number of nitrogens with one attached hydrogen (secondary N) is 1. The molecule has 0 saturated carbocycles. The van der Waals surface area contributed by atoms with Gasteiger partial charge in [-0.25, -0.2) is 18.7 Å². The number of methoxy groups -OCH3 is 1. The summed E-state index contributed by atoms with van der Waals surface area (Å²) in [6.07, 6.45) is 2.21. The van der Waals surface area contributed by atoms with Gasteiger partial charge in [0.15, 0.2) is 23.4 Å². The van der Waals surface area contributed by atoms with Crippen molar-refractivity contribution in [3.8, 4) is 22.8 Å². The summed E-state index contributed by atoms with van der Waals surface area (Å²) in [6.45, 7) is 7.35. The van der Waals surface area contributed by atoms with Crippen LogP contribution in [0.5, 0.6) is 11.5 Å². The van der Waals surface area contributed by atoms with Crippen molar-refractivity contribution < 1.29 is 23.0 Å². The Hall–Kier alpha value is -3.79. The summed E-state index contributed by atoms with van der Waals surface area (Å²) >= 11 is 0. The van der Waals surface area contributed by atoms with Gasteiger partial charge in [0, 0.05) is 17.3 Å². The molecule has 3 heterocycles. The lowest BCUT2D eigenvalue weighted by Gasteiger charge is -2.36. The fourth-order valence-corrected chi connectivity index (χ4v) is 5.26. The van der Waals surface area contributed by atoms with Crippen molar-refractivity contribution in [3.63, 3.8) is 0 Å². The average Bonchev–Trinajstić information content (AvgIpc) is 2.90. The number of rotatable bonds is 6. The molecule has 3 aromatic rings. The van der Waals surface area contributed by atoms with Crippen molar-refractivity contribution in [2.24, 2.45) is 0 Å². The summed E-state index contributed by atoms with van der Waals surface area (Å²) in [5, 5.41) is 2.99. The van der Waals surface area contributed by atoms with Crippen LogP contribution in [-0.2, 0) is 4.79 Å². The molecule has 39 heavy (non-hydrogen) atoms. The summed E-state index contributed by atoms with van der Waals surface area (Å²) in [4.78, 5) is 25.2. The van der Waals surface area contributed by atoms with Crippen LogP contribution in [0.25, 0.3) is 11.3 Å². The molecule has 1 saturated heterocycles. The van der Waals surface area contributed by atoms with Gasteiger partial charge >= 0.3 is 0 Å². The number of aromatic nitrogens is 2. The minimum atomic E-state index is -0.683. The number of hydrogen-bond acceptors (Lipinski definition) is 7. The minimum Gasteiger partial charge on any atom is -0.493 e. The van der Waals surface area contributed by atoms with Gasteiger partial charge in [-0.3, -0.25) is 4.79 Å². The van der Waals surface area contributed by atoms with Crippen LogP contribution in [0.3, 0.4) is 0 Å². The second kappa shape index (κ2) is 10.8. The van der Waals surface area contributed by atoms with Crippen molar-refractivity contribution >= 4 is 23.2 Å². The number of amides is 1. The third kappa shape index (κ3) is 5.25. The molecule has 0 radical (unpaired) electrons. The van der Waals surface area contributed by atoms with Crippen LogP contribution >= 0.6 is 0 Å². The highest BCUT2D eigenvalue weighted by molar-refractivity contribution is 6.01. The molecule has 1 N–H and O–H groups in total. The van der Waals surface area contributed by atoms with E-state index in [1.165, 1.54) is 13.2 Å². The second-order valence-corrected chi connectivity index (χ2v) is 10.4. The molecule has 1 unspecified atom stereocenters. The van der Waals surface area contributed by atoms with Crippen molar-refractivity contribution in [2.75, 3.05) is 37.5 Å². The van der Waals surface area contributed by atoms with E-state index in [2.05, 4.69) is 27.2 Å². The predicted molar refractivity (Wildman–Crippen MR) is 146 cm³/mol. The summed E-state index contributed by atoms with van der Waals surface area (Å²) in [6, 6.07) is 8.12. The topological polar surface area (TPSA) is 79.8 Å². The molecule has 2 aliphatic rings. The molecule has 1 aromatic heterocycles. The van der Waals surface area contributed by atoms with Crippen molar-refractivity contribution in [2.45, 2.75) is 51.7 Å². The Kier molecular flexibility index (Phi) is 7.40. The first-order valence-electron chi connectivity index (χ1n) is 13.2. The van der Waals surface area contributed by atoms with Crippen LogP contribution in [0.1, 0.15) is 45.1 Å². The van der Waals surface area contributed by atoms with Gasteiger partial charge in [-0.1, -0.05) is 6.07 Å². The smallest absolute Gasteiger partial charge is 0.268 e. The number of carbonyl (C=O) groups is 1. The van der Waals surface area contributed by atoms with E-state index in [4.69, 9.17) is 9.47 Å². The molecule has 2 aliphatic heterocycles. The first kappa shape index (κ1) is 26.8. The van der Waals surface area contributed by atoms with Gasteiger partial charge in [0.1, 0.15) is 11.5 Å². The molecule has 10 heteroatoms. The molecule has 5 rings (SSSR count). The predicted octanol–water partition coefficient (Wildman–Crippen LogP) is 5.51. The van der Waals surface area contributed by atoms with Crippen LogP contribution in [0.15, 0.2) is 36.5 Å². The molecule has 1 amide bonds. The second-order valence-electron chi connectivity index (χ2n) is 10.4. The van der Waals surface area contributed by atoms with Gasteiger partial charge < -0.3 is 24.6 Å². The number of anilines is 3. The van der Waals surface area contributed by atoms with Gasteiger partial charge in [-0.2, -0.15) is 0 Å². The van der Waals surface area contributed by atoms with Crippen LogP contribution in [0.2, 0.25) is 0 Å². The number of hydrogen-bond donors (Lipinski definition) is 1. The highest BCUT2D eigenvalue weighted by Gasteiger charge is 2.36.